The summed E-state index contributed by atoms with van der Waals surface area (Å²) >= 11 is 0. The van der Waals surface area contributed by atoms with Crippen molar-refractivity contribution >= 4 is 0 Å². The van der Waals surface area contributed by atoms with Crippen molar-refractivity contribution < 1.29 is 10.2 Å². The van der Waals surface area contributed by atoms with Gasteiger partial charge >= 0.3 is 0 Å². The van der Waals surface area contributed by atoms with Crippen molar-refractivity contribution in [2.45, 2.75) is 65.6 Å². The van der Waals surface area contributed by atoms with Gasteiger partial charge in [-0.15, -0.1) is 0 Å². The lowest BCUT2D eigenvalue weighted by atomic mass is 9.88. The van der Waals surface area contributed by atoms with Crippen LogP contribution in [0.3, 0.4) is 0 Å². The second-order valence-corrected chi connectivity index (χ2v) is 5.20. The van der Waals surface area contributed by atoms with E-state index in [-0.39, 0.29) is 5.41 Å². The number of rotatable bonds is 3. The first-order chi connectivity index (χ1) is 6.75. The highest BCUT2D eigenvalue weighted by Gasteiger charge is 2.22. The fourth-order valence-corrected chi connectivity index (χ4v) is 1.03. The smallest absolute Gasteiger partial charge is 0.119 e. The van der Waals surface area contributed by atoms with E-state index in [1.807, 2.05) is 34.6 Å². The lowest BCUT2D eigenvalue weighted by Crippen LogP contribution is -2.27. The van der Waals surface area contributed by atoms with Crippen molar-refractivity contribution in [1.29, 1.82) is 0 Å². The fraction of sp³-hybridized carbons (Fsp3) is 0.846. The van der Waals surface area contributed by atoms with Crippen molar-refractivity contribution in [3.05, 3.63) is 0 Å². The molecular weight excluding hydrogens is 188 g/mol. The van der Waals surface area contributed by atoms with Gasteiger partial charge < -0.3 is 10.2 Å². The SMILES string of the molecule is CCC(O)(CC)CC#C[C@@H](O)C(C)(C)C. The Labute approximate surface area is 93.7 Å². The third-order valence-electron chi connectivity index (χ3n) is 2.79. The summed E-state index contributed by atoms with van der Waals surface area (Å²) in [5, 5.41) is 19.6. The lowest BCUT2D eigenvalue weighted by Gasteiger charge is -2.23. The zero-order valence-electron chi connectivity index (χ0n) is 10.6. The predicted octanol–water partition coefficient (Wildman–Crippen LogP) is 2.34. The maximum atomic E-state index is 9.96. The fourth-order valence-electron chi connectivity index (χ4n) is 1.03. The molecule has 0 rings (SSSR count). The van der Waals surface area contributed by atoms with E-state index >= 15 is 0 Å². The van der Waals surface area contributed by atoms with Crippen LogP contribution >= 0.6 is 0 Å². The minimum atomic E-state index is -0.690. The molecule has 0 fully saturated rings. The van der Waals surface area contributed by atoms with E-state index in [1.165, 1.54) is 0 Å². The second-order valence-electron chi connectivity index (χ2n) is 5.20. The van der Waals surface area contributed by atoms with Crippen LogP contribution in [-0.4, -0.2) is 21.9 Å². The molecule has 88 valence electrons. The van der Waals surface area contributed by atoms with Gasteiger partial charge in [-0.05, 0) is 18.3 Å². The van der Waals surface area contributed by atoms with Crippen molar-refractivity contribution in [2.24, 2.45) is 5.41 Å². The minimum Gasteiger partial charge on any atom is -0.389 e. The summed E-state index contributed by atoms with van der Waals surface area (Å²) in [6.07, 6.45) is 1.20. The normalized spacial score (nSPS) is 14.3. The van der Waals surface area contributed by atoms with E-state index in [2.05, 4.69) is 11.8 Å². The molecule has 0 amide bonds. The Kier molecular flexibility index (Phi) is 5.34. The number of aliphatic hydroxyl groups excluding tert-OH is 1. The summed E-state index contributed by atoms with van der Waals surface area (Å²) in [6, 6.07) is 0. The molecule has 0 aliphatic carbocycles. The minimum absolute atomic E-state index is 0.219. The average Bonchev–Trinajstić information content (AvgIpc) is 2.16. The predicted molar refractivity (Wildman–Crippen MR) is 63.4 cm³/mol. The van der Waals surface area contributed by atoms with Gasteiger partial charge in [-0.2, -0.15) is 0 Å². The van der Waals surface area contributed by atoms with E-state index in [9.17, 15) is 10.2 Å². The van der Waals surface area contributed by atoms with E-state index in [4.69, 9.17) is 0 Å². The van der Waals surface area contributed by atoms with Gasteiger partial charge in [0.15, 0.2) is 0 Å². The molecule has 0 saturated carbocycles. The Morgan fingerprint density at radius 3 is 1.93 bits per heavy atom. The molecular formula is C13H24O2. The Morgan fingerprint density at radius 1 is 1.13 bits per heavy atom. The van der Waals surface area contributed by atoms with Crippen molar-refractivity contribution in [3.63, 3.8) is 0 Å². The molecule has 0 aromatic carbocycles. The van der Waals surface area contributed by atoms with Crippen LogP contribution in [0.15, 0.2) is 0 Å². The molecule has 0 heterocycles. The van der Waals surface area contributed by atoms with Gasteiger partial charge in [-0.25, -0.2) is 0 Å². The van der Waals surface area contributed by atoms with E-state index < -0.39 is 11.7 Å². The Balaban J connectivity index is 4.32. The van der Waals surface area contributed by atoms with Crippen molar-refractivity contribution in [2.75, 3.05) is 0 Å². The summed E-state index contributed by atoms with van der Waals surface area (Å²) in [5.41, 5.74) is -0.909. The molecule has 0 aromatic heterocycles. The van der Waals surface area contributed by atoms with E-state index in [1.54, 1.807) is 0 Å². The van der Waals surface area contributed by atoms with Gasteiger partial charge in [0.05, 0.1) is 5.60 Å². The number of hydrogen-bond donors (Lipinski definition) is 2. The Morgan fingerprint density at radius 2 is 1.60 bits per heavy atom. The van der Waals surface area contributed by atoms with Gasteiger partial charge in [0.25, 0.3) is 0 Å². The first-order valence-corrected chi connectivity index (χ1v) is 5.64. The van der Waals surface area contributed by atoms with E-state index in [0.717, 1.165) is 0 Å². The Bertz CT molecular complexity index is 235. The quantitative estimate of drug-likeness (QED) is 0.705. The van der Waals surface area contributed by atoms with Crippen LogP contribution in [0.1, 0.15) is 53.9 Å². The topological polar surface area (TPSA) is 40.5 Å². The summed E-state index contributed by atoms with van der Waals surface area (Å²) in [5.74, 6) is 5.68. The van der Waals surface area contributed by atoms with Gasteiger partial charge in [0, 0.05) is 6.42 Å². The largest absolute Gasteiger partial charge is 0.389 e. The monoisotopic (exact) mass is 212 g/mol. The standard InChI is InChI=1S/C13H24O2/c1-6-13(15,7-2)10-8-9-11(14)12(3,4)5/h11,14-15H,6-7,10H2,1-5H3/t11-/m1/s1. The number of aliphatic hydroxyl groups is 2. The molecule has 1 atom stereocenters. The van der Waals surface area contributed by atoms with Crippen molar-refractivity contribution in [3.8, 4) is 11.8 Å². The van der Waals surface area contributed by atoms with Crippen LogP contribution in [0.5, 0.6) is 0 Å². The summed E-state index contributed by atoms with van der Waals surface area (Å²) < 4.78 is 0. The van der Waals surface area contributed by atoms with Crippen LogP contribution in [-0.2, 0) is 0 Å². The third-order valence-corrected chi connectivity index (χ3v) is 2.79. The lowest BCUT2D eigenvalue weighted by molar-refractivity contribution is 0.0372. The van der Waals surface area contributed by atoms with Crippen molar-refractivity contribution in [1.82, 2.24) is 0 Å². The highest BCUT2D eigenvalue weighted by atomic mass is 16.3. The van der Waals surface area contributed by atoms with Gasteiger partial charge in [-0.1, -0.05) is 46.5 Å². The highest BCUT2D eigenvalue weighted by molar-refractivity contribution is 5.10. The van der Waals surface area contributed by atoms with Crippen LogP contribution in [0.4, 0.5) is 0 Å². The molecule has 15 heavy (non-hydrogen) atoms. The second kappa shape index (κ2) is 5.53. The first kappa shape index (κ1) is 14.5. The Hall–Kier alpha value is -0.520. The van der Waals surface area contributed by atoms with Crippen LogP contribution in [0.25, 0.3) is 0 Å². The summed E-state index contributed by atoms with van der Waals surface area (Å²) in [6.45, 7) is 9.73. The molecule has 0 saturated heterocycles. The zero-order valence-corrected chi connectivity index (χ0v) is 10.6. The molecule has 0 aromatic rings. The van der Waals surface area contributed by atoms with E-state index in [0.29, 0.717) is 19.3 Å². The molecule has 0 unspecified atom stereocenters. The van der Waals surface area contributed by atoms with Gasteiger partial charge in [-0.3, -0.25) is 0 Å². The summed E-state index contributed by atoms with van der Waals surface area (Å²) in [7, 11) is 0. The molecule has 0 aliphatic heterocycles. The molecule has 2 N–H and O–H groups in total. The molecule has 0 spiro atoms. The zero-order chi connectivity index (χ0) is 12.1. The van der Waals surface area contributed by atoms with Crippen LogP contribution in [0.2, 0.25) is 0 Å². The van der Waals surface area contributed by atoms with Crippen LogP contribution in [0, 0.1) is 17.3 Å². The first-order valence-electron chi connectivity index (χ1n) is 5.64. The highest BCUT2D eigenvalue weighted by Crippen LogP contribution is 2.20. The summed E-state index contributed by atoms with van der Waals surface area (Å²) in [4.78, 5) is 0. The maximum Gasteiger partial charge on any atom is 0.119 e. The number of hydrogen-bond acceptors (Lipinski definition) is 2. The molecule has 0 bridgehead atoms. The molecule has 2 nitrogen and oxygen atoms in total. The molecule has 0 radical (unpaired) electrons. The average molecular weight is 212 g/mol. The third kappa shape index (κ3) is 5.20. The van der Waals surface area contributed by atoms with Gasteiger partial charge in [0.2, 0.25) is 0 Å². The maximum absolute atomic E-state index is 9.96. The van der Waals surface area contributed by atoms with Gasteiger partial charge in [0.1, 0.15) is 6.10 Å². The van der Waals surface area contributed by atoms with Crippen LogP contribution < -0.4 is 0 Å². The molecule has 0 aliphatic rings. The molecule has 2 heteroatoms.